The van der Waals surface area contributed by atoms with Gasteiger partial charge in [-0.1, -0.05) is 11.6 Å². The quantitative estimate of drug-likeness (QED) is 0.221. The Morgan fingerprint density at radius 2 is 1.29 bits per heavy atom. The molecule has 0 aliphatic rings. The maximum absolute atomic E-state index is 9.37. The van der Waals surface area contributed by atoms with Crippen LogP contribution in [0.15, 0.2) is 11.6 Å². The van der Waals surface area contributed by atoms with Crippen molar-refractivity contribution in [1.29, 1.82) is 0 Å². The van der Waals surface area contributed by atoms with Crippen molar-refractivity contribution in [2.75, 3.05) is 75.1 Å². The van der Waals surface area contributed by atoms with Gasteiger partial charge in [0.15, 0.2) is 25.1 Å². The van der Waals surface area contributed by atoms with Gasteiger partial charge in [0, 0.05) is 25.3 Å². The zero-order valence-corrected chi connectivity index (χ0v) is 19.4. The van der Waals surface area contributed by atoms with Crippen LogP contribution in [0.2, 0.25) is 0 Å². The van der Waals surface area contributed by atoms with Crippen LogP contribution in [0.5, 0.6) is 23.0 Å². The molecule has 0 radical (unpaired) electrons. The van der Waals surface area contributed by atoms with Gasteiger partial charge in [0.05, 0.1) is 47.3 Å². The second-order valence-corrected chi connectivity index (χ2v) is 6.57. The van der Waals surface area contributed by atoms with Crippen molar-refractivity contribution in [3.63, 3.8) is 0 Å². The molecule has 0 aliphatic carbocycles. The number of aliphatic hydroxyl groups excluding tert-OH is 1. The Kier molecular flexibility index (Phi) is 13.7. The fourth-order valence-corrected chi connectivity index (χ4v) is 2.71. The van der Waals surface area contributed by atoms with E-state index in [9.17, 15) is 5.11 Å². The van der Waals surface area contributed by atoms with Gasteiger partial charge >= 0.3 is 0 Å². The highest BCUT2D eigenvalue weighted by Crippen LogP contribution is 2.49. The third-order valence-electron chi connectivity index (χ3n) is 4.44. The number of methoxy groups -OCH3 is 4. The molecule has 0 amide bonds. The lowest BCUT2D eigenvalue weighted by Gasteiger charge is -2.23. The second-order valence-electron chi connectivity index (χ2n) is 6.57. The van der Waals surface area contributed by atoms with Gasteiger partial charge in [-0.15, -0.1) is 0 Å². The SMILES string of the molecule is COCCOCOc1c(C)c(C/C=C(\C)CO)c(OCOCCOC)c(OC)c1OC. The van der Waals surface area contributed by atoms with E-state index in [0.717, 1.165) is 16.7 Å². The van der Waals surface area contributed by atoms with E-state index in [1.54, 1.807) is 14.2 Å². The van der Waals surface area contributed by atoms with Gasteiger partial charge in [-0.2, -0.15) is 0 Å². The van der Waals surface area contributed by atoms with E-state index < -0.39 is 0 Å². The molecule has 9 nitrogen and oxygen atoms in total. The highest BCUT2D eigenvalue weighted by molar-refractivity contribution is 5.67. The molecule has 1 aromatic carbocycles. The van der Waals surface area contributed by atoms with E-state index in [-0.39, 0.29) is 20.2 Å². The van der Waals surface area contributed by atoms with Gasteiger partial charge in [-0.05, 0) is 20.3 Å². The molecule has 178 valence electrons. The van der Waals surface area contributed by atoms with E-state index in [0.29, 0.717) is 55.8 Å². The van der Waals surface area contributed by atoms with Crippen LogP contribution < -0.4 is 18.9 Å². The van der Waals surface area contributed by atoms with E-state index in [2.05, 4.69) is 0 Å². The van der Waals surface area contributed by atoms with E-state index in [1.807, 2.05) is 19.9 Å². The lowest BCUT2D eigenvalue weighted by molar-refractivity contribution is -0.0124. The molecular formula is C22H36O9. The highest BCUT2D eigenvalue weighted by Gasteiger charge is 2.26. The number of allylic oxidation sites excluding steroid dienone is 1. The Morgan fingerprint density at radius 1 is 0.774 bits per heavy atom. The number of aliphatic hydroxyl groups is 1. The fraction of sp³-hybridized carbons (Fsp3) is 0.636. The number of benzene rings is 1. The fourth-order valence-electron chi connectivity index (χ4n) is 2.71. The van der Waals surface area contributed by atoms with Crippen LogP contribution in [0.4, 0.5) is 0 Å². The van der Waals surface area contributed by atoms with Crippen molar-refractivity contribution in [2.24, 2.45) is 0 Å². The lowest BCUT2D eigenvalue weighted by Crippen LogP contribution is -2.13. The molecule has 0 aromatic heterocycles. The molecule has 0 unspecified atom stereocenters. The van der Waals surface area contributed by atoms with Crippen molar-refractivity contribution in [3.8, 4) is 23.0 Å². The number of rotatable bonds is 17. The summed E-state index contributed by atoms with van der Waals surface area (Å²) >= 11 is 0. The summed E-state index contributed by atoms with van der Waals surface area (Å²) < 4.78 is 43.9. The Bertz CT molecular complexity index is 674. The molecule has 0 spiro atoms. The molecule has 0 saturated carbocycles. The van der Waals surface area contributed by atoms with Crippen LogP contribution in [-0.2, 0) is 25.4 Å². The van der Waals surface area contributed by atoms with Gasteiger partial charge in [0.2, 0.25) is 11.5 Å². The van der Waals surface area contributed by atoms with Gasteiger partial charge in [0.1, 0.15) is 0 Å². The Labute approximate surface area is 184 Å². The van der Waals surface area contributed by atoms with Gasteiger partial charge in [0.25, 0.3) is 0 Å². The van der Waals surface area contributed by atoms with Gasteiger partial charge in [-0.3, -0.25) is 0 Å². The predicted molar refractivity (Wildman–Crippen MR) is 115 cm³/mol. The standard InChI is InChI=1S/C22H36O9/c1-16(13-23)7-8-18-17(2)19(30-14-28-11-9-24-3)21(26-5)22(27-6)20(18)31-15-29-12-10-25-4/h7,23H,8-15H2,1-6H3/b16-7+. The first-order valence-corrected chi connectivity index (χ1v) is 9.98. The molecule has 1 rings (SSSR count). The lowest BCUT2D eigenvalue weighted by atomic mass is 10.00. The van der Waals surface area contributed by atoms with Crippen LogP contribution in [0.25, 0.3) is 0 Å². The van der Waals surface area contributed by atoms with Gasteiger partial charge in [-0.25, -0.2) is 0 Å². The average molecular weight is 445 g/mol. The molecule has 0 fully saturated rings. The summed E-state index contributed by atoms with van der Waals surface area (Å²) in [7, 11) is 6.27. The maximum Gasteiger partial charge on any atom is 0.207 e. The molecule has 1 N–H and O–H groups in total. The van der Waals surface area contributed by atoms with E-state index >= 15 is 0 Å². The molecule has 0 saturated heterocycles. The predicted octanol–water partition coefficient (Wildman–Crippen LogP) is 2.49. The Hall–Kier alpha value is -2.04. The third kappa shape index (κ3) is 8.54. The largest absolute Gasteiger partial charge is 0.490 e. The summed E-state index contributed by atoms with van der Waals surface area (Å²) in [5.41, 5.74) is 2.47. The third-order valence-corrected chi connectivity index (χ3v) is 4.44. The maximum atomic E-state index is 9.37. The first kappa shape index (κ1) is 27.0. The molecule has 1 aromatic rings. The minimum absolute atomic E-state index is 0.0122. The molecule has 0 bridgehead atoms. The van der Waals surface area contributed by atoms with Crippen molar-refractivity contribution < 1.29 is 43.0 Å². The molecule has 0 atom stereocenters. The zero-order valence-electron chi connectivity index (χ0n) is 19.4. The zero-order chi connectivity index (χ0) is 23.1. The highest BCUT2D eigenvalue weighted by atomic mass is 16.7. The molecular weight excluding hydrogens is 408 g/mol. The number of hydrogen-bond donors (Lipinski definition) is 1. The molecule has 0 aliphatic heterocycles. The number of ether oxygens (including phenoxy) is 8. The second kappa shape index (κ2) is 15.7. The van der Waals surface area contributed by atoms with E-state index in [1.165, 1.54) is 14.2 Å². The average Bonchev–Trinajstić information content (AvgIpc) is 2.78. The summed E-state index contributed by atoms with van der Waals surface area (Å²) in [4.78, 5) is 0. The molecule has 9 heteroatoms. The van der Waals surface area contributed by atoms with Crippen molar-refractivity contribution >= 4 is 0 Å². The summed E-state index contributed by atoms with van der Waals surface area (Å²) in [6.07, 6.45) is 2.42. The summed E-state index contributed by atoms with van der Waals surface area (Å²) in [6, 6.07) is 0. The monoisotopic (exact) mass is 444 g/mol. The molecule has 31 heavy (non-hydrogen) atoms. The van der Waals surface area contributed by atoms with Crippen molar-refractivity contribution in [1.82, 2.24) is 0 Å². The van der Waals surface area contributed by atoms with Crippen LogP contribution in [0.3, 0.4) is 0 Å². The first-order chi connectivity index (χ1) is 15.0. The van der Waals surface area contributed by atoms with Crippen LogP contribution >= 0.6 is 0 Å². The first-order valence-electron chi connectivity index (χ1n) is 9.98. The minimum Gasteiger partial charge on any atom is -0.490 e. The summed E-state index contributed by atoms with van der Waals surface area (Å²) in [5.74, 6) is 1.77. The van der Waals surface area contributed by atoms with Crippen LogP contribution in [0, 0.1) is 6.92 Å². The topological polar surface area (TPSA) is 94.1 Å². The van der Waals surface area contributed by atoms with Gasteiger partial charge < -0.3 is 43.0 Å². The Morgan fingerprint density at radius 3 is 1.77 bits per heavy atom. The Balaban J connectivity index is 3.28. The molecule has 0 heterocycles. The normalized spacial score (nSPS) is 11.5. The minimum atomic E-state index is -0.0284. The summed E-state index contributed by atoms with van der Waals surface area (Å²) in [5, 5.41) is 9.37. The summed E-state index contributed by atoms with van der Waals surface area (Å²) in [6.45, 7) is 5.49. The van der Waals surface area contributed by atoms with Crippen LogP contribution in [0.1, 0.15) is 18.1 Å². The van der Waals surface area contributed by atoms with Crippen LogP contribution in [-0.4, -0.2) is 80.2 Å². The van der Waals surface area contributed by atoms with Crippen molar-refractivity contribution in [3.05, 3.63) is 22.8 Å². The van der Waals surface area contributed by atoms with E-state index in [4.69, 9.17) is 37.9 Å². The number of hydrogen-bond acceptors (Lipinski definition) is 9. The smallest absolute Gasteiger partial charge is 0.207 e. The van der Waals surface area contributed by atoms with Crippen molar-refractivity contribution in [2.45, 2.75) is 20.3 Å².